The predicted molar refractivity (Wildman–Crippen MR) is 100 cm³/mol. The standard InChI is InChI=1S/C21H17N3O2/c1-26-19-14-12-16(13-15-19)20(25)21(23-24-22,17-8-4-2-5-9-17)18-10-6-3-7-11-18/h2-15H,1H3. The van der Waals surface area contributed by atoms with Crippen molar-refractivity contribution in [3.05, 3.63) is 112 Å². The minimum absolute atomic E-state index is 0.296. The molecule has 0 heterocycles. The van der Waals surface area contributed by atoms with E-state index >= 15 is 0 Å². The molecule has 3 aromatic carbocycles. The van der Waals surface area contributed by atoms with Crippen molar-refractivity contribution >= 4 is 5.78 Å². The van der Waals surface area contributed by atoms with Gasteiger partial charge in [0, 0.05) is 10.5 Å². The number of carbonyl (C=O) groups is 1. The number of hydrogen-bond acceptors (Lipinski definition) is 3. The van der Waals surface area contributed by atoms with E-state index in [1.807, 2.05) is 36.4 Å². The van der Waals surface area contributed by atoms with Gasteiger partial charge >= 0.3 is 0 Å². The Morgan fingerprint density at radius 3 is 1.81 bits per heavy atom. The zero-order valence-corrected chi connectivity index (χ0v) is 14.2. The second-order valence-electron chi connectivity index (χ2n) is 5.69. The molecule has 0 unspecified atom stereocenters. The fraction of sp³-hybridized carbons (Fsp3) is 0.0952. The van der Waals surface area contributed by atoms with E-state index in [2.05, 4.69) is 10.0 Å². The van der Waals surface area contributed by atoms with Gasteiger partial charge in [0.15, 0.2) is 11.3 Å². The summed E-state index contributed by atoms with van der Waals surface area (Å²) in [5.41, 5.74) is 9.48. The van der Waals surface area contributed by atoms with Gasteiger partial charge in [0.2, 0.25) is 0 Å². The SMILES string of the molecule is COc1ccc(C(=O)C(N=[N+]=[N-])(c2ccccc2)c2ccccc2)cc1. The Hall–Kier alpha value is -3.56. The first-order valence-corrected chi connectivity index (χ1v) is 8.08. The number of Topliss-reactive ketones (excluding diaryl/α,β-unsaturated/α-hetero) is 1. The normalized spacial score (nSPS) is 10.7. The number of azide groups is 1. The van der Waals surface area contributed by atoms with Crippen LogP contribution in [0.3, 0.4) is 0 Å². The fourth-order valence-electron chi connectivity index (χ4n) is 2.97. The van der Waals surface area contributed by atoms with E-state index in [1.165, 1.54) is 0 Å². The van der Waals surface area contributed by atoms with Gasteiger partial charge in [-0.1, -0.05) is 65.8 Å². The summed E-state index contributed by atoms with van der Waals surface area (Å²) in [4.78, 5) is 16.6. The Kier molecular flexibility index (Phi) is 5.02. The molecule has 0 N–H and O–H groups in total. The minimum Gasteiger partial charge on any atom is -0.497 e. The molecule has 0 saturated heterocycles. The highest BCUT2D eigenvalue weighted by atomic mass is 16.5. The summed E-state index contributed by atoms with van der Waals surface area (Å²) in [6.07, 6.45) is 0. The zero-order valence-electron chi connectivity index (χ0n) is 14.2. The molecule has 0 aliphatic heterocycles. The first kappa shape index (κ1) is 17.3. The highest BCUT2D eigenvalue weighted by Crippen LogP contribution is 2.37. The number of ketones is 1. The average molecular weight is 343 g/mol. The third kappa shape index (κ3) is 3.04. The molecule has 0 fully saturated rings. The van der Waals surface area contributed by atoms with Crippen molar-refractivity contribution in [2.75, 3.05) is 7.11 Å². The van der Waals surface area contributed by atoms with Gasteiger partial charge in [0.05, 0.1) is 7.11 Å². The Morgan fingerprint density at radius 1 is 0.885 bits per heavy atom. The highest BCUT2D eigenvalue weighted by Gasteiger charge is 2.41. The molecular formula is C21H17N3O2. The quantitative estimate of drug-likeness (QED) is 0.269. The maximum Gasteiger partial charge on any atom is 0.183 e. The summed E-state index contributed by atoms with van der Waals surface area (Å²) in [5, 5.41) is 4.01. The molecule has 0 aromatic heterocycles. The van der Waals surface area contributed by atoms with E-state index in [1.54, 1.807) is 55.6 Å². The molecule has 3 aromatic rings. The Bertz CT molecular complexity index is 893. The molecule has 5 heteroatoms. The van der Waals surface area contributed by atoms with Crippen LogP contribution >= 0.6 is 0 Å². The molecule has 0 saturated carbocycles. The topological polar surface area (TPSA) is 75.1 Å². The number of carbonyl (C=O) groups excluding carboxylic acids is 1. The maximum atomic E-state index is 13.6. The maximum absolute atomic E-state index is 13.6. The van der Waals surface area contributed by atoms with Crippen LogP contribution in [0.1, 0.15) is 21.5 Å². The van der Waals surface area contributed by atoms with Crippen LogP contribution in [0, 0.1) is 0 Å². The van der Waals surface area contributed by atoms with Crippen LogP contribution in [0.2, 0.25) is 0 Å². The lowest BCUT2D eigenvalue weighted by Gasteiger charge is -2.28. The van der Waals surface area contributed by atoms with E-state index < -0.39 is 5.54 Å². The lowest BCUT2D eigenvalue weighted by Crippen LogP contribution is -2.35. The highest BCUT2D eigenvalue weighted by molar-refractivity contribution is 6.06. The van der Waals surface area contributed by atoms with Crippen molar-refractivity contribution in [3.63, 3.8) is 0 Å². The Labute approximate surface area is 151 Å². The first-order valence-electron chi connectivity index (χ1n) is 8.08. The molecule has 0 aliphatic rings. The van der Waals surface area contributed by atoms with Crippen LogP contribution < -0.4 is 4.74 Å². The van der Waals surface area contributed by atoms with Crippen molar-refractivity contribution in [1.82, 2.24) is 0 Å². The number of nitrogens with zero attached hydrogens (tertiary/aromatic N) is 3. The van der Waals surface area contributed by atoms with Crippen LogP contribution in [0.5, 0.6) is 5.75 Å². The molecule has 0 spiro atoms. The summed E-state index contributed by atoms with van der Waals surface area (Å²) < 4.78 is 5.16. The van der Waals surface area contributed by atoms with Gasteiger partial charge < -0.3 is 4.74 Å². The van der Waals surface area contributed by atoms with Gasteiger partial charge in [-0.3, -0.25) is 4.79 Å². The molecule has 5 nitrogen and oxygen atoms in total. The van der Waals surface area contributed by atoms with Crippen LogP contribution in [-0.2, 0) is 5.54 Å². The van der Waals surface area contributed by atoms with Crippen molar-refractivity contribution in [3.8, 4) is 5.75 Å². The molecule has 3 rings (SSSR count). The smallest absolute Gasteiger partial charge is 0.183 e. The van der Waals surface area contributed by atoms with E-state index in [0.717, 1.165) is 0 Å². The Morgan fingerprint density at radius 2 is 1.38 bits per heavy atom. The molecular weight excluding hydrogens is 326 g/mol. The van der Waals surface area contributed by atoms with Crippen molar-refractivity contribution in [2.24, 2.45) is 5.11 Å². The van der Waals surface area contributed by atoms with Gasteiger partial charge in [-0.25, -0.2) is 0 Å². The largest absolute Gasteiger partial charge is 0.497 e. The third-order valence-electron chi connectivity index (χ3n) is 4.26. The molecule has 128 valence electrons. The molecule has 0 aliphatic carbocycles. The van der Waals surface area contributed by atoms with Crippen molar-refractivity contribution < 1.29 is 9.53 Å². The van der Waals surface area contributed by atoms with Crippen LogP contribution in [0.25, 0.3) is 10.4 Å². The Balaban J connectivity index is 2.25. The van der Waals surface area contributed by atoms with Gasteiger partial charge in [0.1, 0.15) is 5.75 Å². The van der Waals surface area contributed by atoms with E-state index in [9.17, 15) is 10.3 Å². The first-order chi connectivity index (χ1) is 12.7. The van der Waals surface area contributed by atoms with E-state index in [-0.39, 0.29) is 5.78 Å². The summed E-state index contributed by atoms with van der Waals surface area (Å²) >= 11 is 0. The van der Waals surface area contributed by atoms with Crippen molar-refractivity contribution in [1.29, 1.82) is 0 Å². The molecule has 0 radical (unpaired) electrons. The van der Waals surface area contributed by atoms with Gasteiger partial charge in [-0.15, -0.1) is 0 Å². The number of hydrogen-bond donors (Lipinski definition) is 0. The van der Waals surface area contributed by atoms with Crippen LogP contribution in [0.15, 0.2) is 90.0 Å². The second kappa shape index (κ2) is 7.55. The van der Waals surface area contributed by atoms with Crippen LogP contribution in [0.4, 0.5) is 0 Å². The molecule has 26 heavy (non-hydrogen) atoms. The van der Waals surface area contributed by atoms with Gasteiger partial charge in [0.25, 0.3) is 0 Å². The summed E-state index contributed by atoms with van der Waals surface area (Å²) in [6, 6.07) is 24.9. The van der Waals surface area contributed by atoms with Gasteiger partial charge in [-0.2, -0.15) is 0 Å². The van der Waals surface area contributed by atoms with E-state index in [0.29, 0.717) is 22.4 Å². The predicted octanol–water partition coefficient (Wildman–Crippen LogP) is 5.13. The lowest BCUT2D eigenvalue weighted by molar-refractivity contribution is 0.0915. The summed E-state index contributed by atoms with van der Waals surface area (Å²) in [5.74, 6) is 0.353. The number of ether oxygens (including phenoxy) is 1. The van der Waals surface area contributed by atoms with Crippen LogP contribution in [-0.4, -0.2) is 12.9 Å². The molecule has 0 atom stereocenters. The monoisotopic (exact) mass is 343 g/mol. The fourth-order valence-corrected chi connectivity index (χ4v) is 2.97. The zero-order chi connectivity index (χ0) is 18.4. The van der Waals surface area contributed by atoms with Gasteiger partial charge in [-0.05, 0) is 40.9 Å². The summed E-state index contributed by atoms with van der Waals surface area (Å²) in [7, 11) is 1.56. The molecule has 0 amide bonds. The minimum atomic E-state index is -1.48. The number of methoxy groups -OCH3 is 1. The molecule has 0 bridgehead atoms. The van der Waals surface area contributed by atoms with E-state index in [4.69, 9.17) is 4.74 Å². The number of rotatable bonds is 6. The third-order valence-corrected chi connectivity index (χ3v) is 4.26. The summed E-state index contributed by atoms with van der Waals surface area (Å²) in [6.45, 7) is 0. The average Bonchev–Trinajstić information content (AvgIpc) is 2.73. The second-order valence-corrected chi connectivity index (χ2v) is 5.69. The lowest BCUT2D eigenvalue weighted by atomic mass is 9.77. The number of benzene rings is 3. The van der Waals surface area contributed by atoms with Crippen molar-refractivity contribution in [2.45, 2.75) is 5.54 Å².